The van der Waals surface area contributed by atoms with Crippen molar-refractivity contribution in [2.24, 2.45) is 0 Å². The van der Waals surface area contributed by atoms with Gasteiger partial charge in [0.05, 0.1) is 12.7 Å². The molecule has 0 unspecified atom stereocenters. The number of ether oxygens (including phenoxy) is 2. The molecular weight excluding hydrogens is 352 g/mol. The fraction of sp³-hybridized carbons (Fsp3) is 0.0625. The van der Waals surface area contributed by atoms with Crippen molar-refractivity contribution in [2.45, 2.75) is 0 Å². The summed E-state index contributed by atoms with van der Waals surface area (Å²) < 4.78 is 11.1. The summed E-state index contributed by atoms with van der Waals surface area (Å²) in [5.74, 6) is 0.448. The number of benzene rings is 2. The van der Waals surface area contributed by atoms with Gasteiger partial charge in [-0.3, -0.25) is 4.79 Å². The first-order valence-corrected chi connectivity index (χ1v) is 7.12. The molecule has 1 aliphatic heterocycles. The Kier molecular flexibility index (Phi) is 3.54. The maximum absolute atomic E-state index is 12.3. The fourth-order valence-electron chi connectivity index (χ4n) is 2.15. The van der Waals surface area contributed by atoms with E-state index in [1.54, 1.807) is 6.07 Å². The lowest BCUT2D eigenvalue weighted by molar-refractivity contribution is 0.101. The van der Waals surface area contributed by atoms with E-state index in [1.165, 1.54) is 37.5 Å². The third kappa shape index (κ3) is 2.42. The molecule has 112 valence electrons. The second-order valence-electron chi connectivity index (χ2n) is 4.67. The van der Waals surface area contributed by atoms with E-state index in [4.69, 9.17) is 9.47 Å². The Morgan fingerprint density at radius 3 is 2.73 bits per heavy atom. The molecule has 0 aliphatic carbocycles. The fourth-order valence-corrected chi connectivity index (χ4v) is 2.59. The highest BCUT2D eigenvalue weighted by molar-refractivity contribution is 9.10. The van der Waals surface area contributed by atoms with Crippen molar-refractivity contribution in [1.29, 1.82) is 0 Å². The van der Waals surface area contributed by atoms with Crippen LogP contribution in [0.25, 0.3) is 6.08 Å². The van der Waals surface area contributed by atoms with Crippen LogP contribution in [-0.4, -0.2) is 23.1 Å². The average molecular weight is 363 g/mol. The normalized spacial score (nSPS) is 14.8. The summed E-state index contributed by atoms with van der Waals surface area (Å²) in [6.45, 7) is 0. The third-order valence-electron chi connectivity index (χ3n) is 3.24. The van der Waals surface area contributed by atoms with Crippen LogP contribution >= 0.6 is 15.9 Å². The smallest absolute Gasteiger partial charge is 0.231 e. The summed E-state index contributed by atoms with van der Waals surface area (Å²) in [5.41, 5.74) is 0.955. The number of fused-ring (bicyclic) bond motifs is 1. The number of aromatic hydroxyl groups is 2. The molecule has 22 heavy (non-hydrogen) atoms. The summed E-state index contributed by atoms with van der Waals surface area (Å²) >= 11 is 3.35. The molecule has 1 heterocycles. The molecule has 6 heteroatoms. The number of hydrogen-bond acceptors (Lipinski definition) is 5. The van der Waals surface area contributed by atoms with Crippen molar-refractivity contribution < 1.29 is 24.5 Å². The number of methoxy groups -OCH3 is 1. The van der Waals surface area contributed by atoms with Crippen LogP contribution in [-0.2, 0) is 0 Å². The molecule has 0 amide bonds. The zero-order valence-corrected chi connectivity index (χ0v) is 13.0. The van der Waals surface area contributed by atoms with Gasteiger partial charge in [-0.15, -0.1) is 0 Å². The largest absolute Gasteiger partial charge is 0.508 e. The molecule has 0 atom stereocenters. The molecule has 0 spiro atoms. The Labute approximate surface area is 134 Å². The molecule has 0 saturated heterocycles. The van der Waals surface area contributed by atoms with E-state index in [-0.39, 0.29) is 23.0 Å². The predicted octanol–water partition coefficient (Wildman–Crippen LogP) is 3.49. The summed E-state index contributed by atoms with van der Waals surface area (Å²) in [6.07, 6.45) is 1.52. The molecule has 0 fully saturated rings. The van der Waals surface area contributed by atoms with Crippen LogP contribution in [0.1, 0.15) is 15.9 Å². The highest BCUT2D eigenvalue weighted by Crippen LogP contribution is 2.37. The van der Waals surface area contributed by atoms with E-state index in [2.05, 4.69) is 15.9 Å². The number of halogens is 1. The maximum atomic E-state index is 12.3. The summed E-state index contributed by atoms with van der Waals surface area (Å²) in [4.78, 5) is 12.3. The van der Waals surface area contributed by atoms with E-state index in [9.17, 15) is 15.0 Å². The van der Waals surface area contributed by atoms with Crippen LogP contribution in [0.3, 0.4) is 0 Å². The molecule has 0 aromatic heterocycles. The van der Waals surface area contributed by atoms with E-state index < -0.39 is 0 Å². The maximum Gasteiger partial charge on any atom is 0.231 e. The van der Waals surface area contributed by atoms with Gasteiger partial charge in [0.25, 0.3) is 0 Å². The van der Waals surface area contributed by atoms with Gasteiger partial charge in [0.2, 0.25) is 5.78 Å². The molecule has 5 nitrogen and oxygen atoms in total. The number of phenolic OH excluding ortho intramolecular Hbond substituents is 2. The van der Waals surface area contributed by atoms with Crippen LogP contribution in [0.15, 0.2) is 40.6 Å². The Balaban J connectivity index is 2.01. The van der Waals surface area contributed by atoms with Crippen LogP contribution in [0.2, 0.25) is 0 Å². The lowest BCUT2D eigenvalue weighted by Crippen LogP contribution is -1.98. The van der Waals surface area contributed by atoms with Gasteiger partial charge in [0.15, 0.2) is 17.3 Å². The molecule has 2 aromatic carbocycles. The number of carbonyl (C=O) groups excluding carboxylic acids is 1. The second kappa shape index (κ2) is 5.38. The van der Waals surface area contributed by atoms with E-state index in [0.717, 1.165) is 0 Å². The minimum atomic E-state index is -0.280. The van der Waals surface area contributed by atoms with Crippen molar-refractivity contribution >= 4 is 27.8 Å². The van der Waals surface area contributed by atoms with E-state index in [0.29, 0.717) is 27.1 Å². The van der Waals surface area contributed by atoms with Gasteiger partial charge in [-0.1, -0.05) is 15.9 Å². The predicted molar refractivity (Wildman–Crippen MR) is 83.4 cm³/mol. The van der Waals surface area contributed by atoms with Gasteiger partial charge in [0.1, 0.15) is 11.5 Å². The number of Topliss-reactive ketones (excluding diaryl/α,β-unsaturated/α-hetero) is 1. The quantitative estimate of drug-likeness (QED) is 0.799. The van der Waals surface area contributed by atoms with E-state index in [1.807, 2.05) is 0 Å². The zero-order chi connectivity index (χ0) is 15.9. The Hall–Kier alpha value is -2.47. The Bertz CT molecular complexity index is 810. The van der Waals surface area contributed by atoms with Crippen LogP contribution in [0.4, 0.5) is 0 Å². The zero-order valence-electron chi connectivity index (χ0n) is 11.5. The highest BCUT2D eigenvalue weighted by Gasteiger charge is 2.27. The van der Waals surface area contributed by atoms with Gasteiger partial charge in [-0.25, -0.2) is 0 Å². The van der Waals surface area contributed by atoms with Crippen molar-refractivity contribution in [1.82, 2.24) is 0 Å². The molecule has 0 saturated carbocycles. The van der Waals surface area contributed by atoms with Crippen molar-refractivity contribution in [2.75, 3.05) is 7.11 Å². The number of hydrogen-bond donors (Lipinski definition) is 2. The van der Waals surface area contributed by atoms with Gasteiger partial charge < -0.3 is 19.7 Å². The van der Waals surface area contributed by atoms with Gasteiger partial charge in [-0.2, -0.15) is 0 Å². The van der Waals surface area contributed by atoms with E-state index >= 15 is 0 Å². The van der Waals surface area contributed by atoms with Gasteiger partial charge in [-0.05, 0) is 35.9 Å². The molecule has 2 N–H and O–H groups in total. The number of carbonyl (C=O) groups is 1. The third-order valence-corrected chi connectivity index (χ3v) is 3.93. The van der Waals surface area contributed by atoms with Gasteiger partial charge >= 0.3 is 0 Å². The summed E-state index contributed by atoms with van der Waals surface area (Å²) in [5, 5.41) is 19.3. The number of rotatable bonds is 2. The number of ketones is 1. The second-order valence-corrected chi connectivity index (χ2v) is 5.52. The molecule has 3 rings (SSSR count). The molecule has 1 aliphatic rings. The summed E-state index contributed by atoms with van der Waals surface area (Å²) in [7, 11) is 1.45. The topological polar surface area (TPSA) is 76.0 Å². The highest BCUT2D eigenvalue weighted by atomic mass is 79.9. The van der Waals surface area contributed by atoms with Gasteiger partial charge in [0, 0.05) is 10.5 Å². The lowest BCUT2D eigenvalue weighted by Gasteiger charge is -2.07. The van der Waals surface area contributed by atoms with Crippen LogP contribution in [0, 0.1) is 0 Å². The van der Waals surface area contributed by atoms with Crippen molar-refractivity contribution in [3.63, 3.8) is 0 Å². The Morgan fingerprint density at radius 2 is 2.00 bits per heavy atom. The number of allylic oxidation sites excluding steroid dienone is 1. The molecule has 2 aromatic rings. The Morgan fingerprint density at radius 1 is 1.23 bits per heavy atom. The minimum absolute atomic E-state index is 0.0241. The van der Waals surface area contributed by atoms with Crippen LogP contribution in [0.5, 0.6) is 23.0 Å². The minimum Gasteiger partial charge on any atom is -0.508 e. The standard InChI is InChI=1S/C16H11BrO5/c1-21-14-7-11(17)8(4-12(14)19)5-15-16(20)10-3-2-9(18)6-13(10)22-15/h2-7,18-19H,1H3. The lowest BCUT2D eigenvalue weighted by atomic mass is 10.1. The average Bonchev–Trinajstić information content (AvgIpc) is 2.78. The molecular formula is C16H11BrO5. The summed E-state index contributed by atoms with van der Waals surface area (Å²) in [6, 6.07) is 7.38. The first-order valence-electron chi connectivity index (χ1n) is 6.33. The van der Waals surface area contributed by atoms with Crippen LogP contribution < -0.4 is 9.47 Å². The molecule has 0 bridgehead atoms. The number of phenols is 2. The molecule has 0 radical (unpaired) electrons. The SMILES string of the molecule is COc1cc(Br)c(C=C2Oc3cc(O)ccc3C2=O)cc1O. The first kappa shape index (κ1) is 14.5. The first-order chi connectivity index (χ1) is 10.5. The monoisotopic (exact) mass is 362 g/mol. The van der Waals surface area contributed by atoms with Crippen molar-refractivity contribution in [3.8, 4) is 23.0 Å². The van der Waals surface area contributed by atoms with Crippen molar-refractivity contribution in [3.05, 3.63) is 51.7 Å².